The number of anilines is 1. The molecule has 25 heavy (non-hydrogen) atoms. The van der Waals surface area contributed by atoms with E-state index in [9.17, 15) is 9.59 Å². The SMILES string of the molecule is CCCN(CC(=O)Nc1ccccc1OC)C(=O)c1cccc(Br)c1. The number of hydrogen-bond donors (Lipinski definition) is 1. The molecule has 0 aliphatic rings. The molecule has 0 fully saturated rings. The largest absolute Gasteiger partial charge is 0.495 e. The molecule has 0 unspecified atom stereocenters. The van der Waals surface area contributed by atoms with Gasteiger partial charge in [-0.05, 0) is 36.8 Å². The summed E-state index contributed by atoms with van der Waals surface area (Å²) in [4.78, 5) is 26.6. The van der Waals surface area contributed by atoms with E-state index in [1.807, 2.05) is 25.1 Å². The highest BCUT2D eigenvalue weighted by molar-refractivity contribution is 9.10. The van der Waals surface area contributed by atoms with E-state index in [1.165, 1.54) is 0 Å². The molecule has 0 aliphatic heterocycles. The molecule has 2 aromatic rings. The molecule has 2 aromatic carbocycles. The van der Waals surface area contributed by atoms with Gasteiger partial charge >= 0.3 is 0 Å². The van der Waals surface area contributed by atoms with Crippen molar-refractivity contribution in [2.24, 2.45) is 0 Å². The fourth-order valence-corrected chi connectivity index (χ4v) is 2.84. The Morgan fingerprint density at radius 3 is 2.60 bits per heavy atom. The molecule has 5 nitrogen and oxygen atoms in total. The lowest BCUT2D eigenvalue weighted by atomic mass is 10.2. The zero-order valence-corrected chi connectivity index (χ0v) is 15.9. The van der Waals surface area contributed by atoms with E-state index in [-0.39, 0.29) is 18.4 Å². The number of carbonyl (C=O) groups is 2. The number of amides is 2. The minimum atomic E-state index is -0.263. The van der Waals surface area contributed by atoms with Gasteiger partial charge in [0, 0.05) is 16.6 Å². The third kappa shape index (κ3) is 5.32. The van der Waals surface area contributed by atoms with E-state index < -0.39 is 0 Å². The Bertz CT molecular complexity index is 749. The molecule has 0 aromatic heterocycles. The van der Waals surface area contributed by atoms with E-state index in [2.05, 4.69) is 21.2 Å². The number of carbonyl (C=O) groups excluding carboxylic acids is 2. The highest BCUT2D eigenvalue weighted by atomic mass is 79.9. The first-order valence-corrected chi connectivity index (χ1v) is 8.82. The normalized spacial score (nSPS) is 10.2. The predicted octanol–water partition coefficient (Wildman–Crippen LogP) is 3.95. The standard InChI is InChI=1S/C19H21BrN2O3/c1-3-11-22(19(24)14-7-6-8-15(20)12-14)13-18(23)21-16-9-4-5-10-17(16)25-2/h4-10,12H,3,11,13H2,1-2H3,(H,21,23). The molecule has 0 bridgehead atoms. The lowest BCUT2D eigenvalue weighted by molar-refractivity contribution is -0.116. The molecule has 0 radical (unpaired) electrons. The maximum absolute atomic E-state index is 12.7. The van der Waals surface area contributed by atoms with Crippen molar-refractivity contribution in [2.45, 2.75) is 13.3 Å². The zero-order valence-electron chi connectivity index (χ0n) is 14.3. The van der Waals surface area contributed by atoms with Crippen LogP contribution in [-0.4, -0.2) is 36.9 Å². The molecular formula is C19H21BrN2O3. The van der Waals surface area contributed by atoms with Gasteiger partial charge in [0.15, 0.2) is 0 Å². The topological polar surface area (TPSA) is 58.6 Å². The molecule has 0 atom stereocenters. The van der Waals surface area contributed by atoms with Crippen LogP contribution in [0.1, 0.15) is 23.7 Å². The Kier molecular flexibility index (Phi) is 7.01. The van der Waals surface area contributed by atoms with Gasteiger partial charge in [0.25, 0.3) is 5.91 Å². The quantitative estimate of drug-likeness (QED) is 0.759. The number of benzene rings is 2. The smallest absolute Gasteiger partial charge is 0.254 e. The fourth-order valence-electron chi connectivity index (χ4n) is 2.44. The van der Waals surface area contributed by atoms with Gasteiger partial charge in [-0.3, -0.25) is 9.59 Å². The summed E-state index contributed by atoms with van der Waals surface area (Å²) in [6.07, 6.45) is 0.766. The van der Waals surface area contributed by atoms with Gasteiger partial charge in [0.2, 0.25) is 5.91 Å². The summed E-state index contributed by atoms with van der Waals surface area (Å²) in [7, 11) is 1.55. The number of methoxy groups -OCH3 is 1. The summed E-state index contributed by atoms with van der Waals surface area (Å²) in [6, 6.07) is 14.3. The number of nitrogens with zero attached hydrogens (tertiary/aromatic N) is 1. The Labute approximate surface area is 156 Å². The van der Waals surface area contributed by atoms with Gasteiger partial charge in [0.05, 0.1) is 12.8 Å². The van der Waals surface area contributed by atoms with Crippen LogP contribution in [0.5, 0.6) is 5.75 Å². The van der Waals surface area contributed by atoms with Crippen molar-refractivity contribution in [1.29, 1.82) is 0 Å². The number of rotatable bonds is 7. The van der Waals surface area contributed by atoms with Crippen LogP contribution < -0.4 is 10.1 Å². The van der Waals surface area contributed by atoms with Crippen molar-refractivity contribution in [3.63, 3.8) is 0 Å². The highest BCUT2D eigenvalue weighted by Crippen LogP contribution is 2.23. The molecule has 2 amide bonds. The molecule has 0 heterocycles. The van der Waals surface area contributed by atoms with Crippen molar-refractivity contribution >= 4 is 33.4 Å². The molecule has 0 spiro atoms. The number of halogens is 1. The number of nitrogens with one attached hydrogen (secondary N) is 1. The van der Waals surface area contributed by atoms with Crippen LogP contribution in [0.2, 0.25) is 0 Å². The monoisotopic (exact) mass is 404 g/mol. The summed E-state index contributed by atoms with van der Waals surface area (Å²) >= 11 is 3.37. The van der Waals surface area contributed by atoms with Gasteiger partial charge in [-0.1, -0.05) is 41.1 Å². The Morgan fingerprint density at radius 2 is 1.92 bits per heavy atom. The first-order chi connectivity index (χ1) is 12.0. The van der Waals surface area contributed by atoms with Crippen LogP contribution in [0.4, 0.5) is 5.69 Å². The van der Waals surface area contributed by atoms with Crippen LogP contribution in [0.3, 0.4) is 0 Å². The number of ether oxygens (including phenoxy) is 1. The minimum Gasteiger partial charge on any atom is -0.495 e. The van der Waals surface area contributed by atoms with E-state index in [1.54, 1.807) is 42.3 Å². The van der Waals surface area contributed by atoms with E-state index in [4.69, 9.17) is 4.74 Å². The molecule has 6 heteroatoms. The van der Waals surface area contributed by atoms with Gasteiger partial charge < -0.3 is 15.0 Å². The average Bonchev–Trinajstić information content (AvgIpc) is 2.61. The first kappa shape index (κ1) is 19.0. The Balaban J connectivity index is 2.10. The minimum absolute atomic E-state index is 0.0166. The lowest BCUT2D eigenvalue weighted by Crippen LogP contribution is -2.38. The predicted molar refractivity (Wildman–Crippen MR) is 102 cm³/mol. The van der Waals surface area contributed by atoms with Crippen molar-refractivity contribution in [2.75, 3.05) is 25.5 Å². The van der Waals surface area contributed by atoms with Gasteiger partial charge in [0.1, 0.15) is 12.3 Å². The lowest BCUT2D eigenvalue weighted by Gasteiger charge is -2.22. The molecule has 1 N–H and O–H groups in total. The third-order valence-corrected chi connectivity index (χ3v) is 4.06. The third-order valence-electron chi connectivity index (χ3n) is 3.57. The van der Waals surface area contributed by atoms with Crippen molar-refractivity contribution in [3.8, 4) is 5.75 Å². The Morgan fingerprint density at radius 1 is 1.16 bits per heavy atom. The molecule has 0 saturated heterocycles. The number of hydrogen-bond acceptors (Lipinski definition) is 3. The van der Waals surface area contributed by atoms with Gasteiger partial charge in [-0.25, -0.2) is 0 Å². The second-order valence-corrected chi connectivity index (χ2v) is 6.40. The van der Waals surface area contributed by atoms with Crippen LogP contribution in [0, 0.1) is 0 Å². The van der Waals surface area contributed by atoms with Crippen LogP contribution in [-0.2, 0) is 4.79 Å². The average molecular weight is 405 g/mol. The van der Waals surface area contributed by atoms with Crippen molar-refractivity contribution in [1.82, 2.24) is 4.90 Å². The molecular weight excluding hydrogens is 384 g/mol. The van der Waals surface area contributed by atoms with E-state index in [0.29, 0.717) is 23.5 Å². The molecule has 2 rings (SSSR count). The van der Waals surface area contributed by atoms with E-state index in [0.717, 1.165) is 10.9 Å². The first-order valence-electron chi connectivity index (χ1n) is 8.03. The second-order valence-electron chi connectivity index (χ2n) is 5.49. The maximum atomic E-state index is 12.7. The van der Waals surface area contributed by atoms with Crippen molar-refractivity contribution < 1.29 is 14.3 Å². The molecule has 0 saturated carbocycles. The second kappa shape index (κ2) is 9.22. The van der Waals surface area contributed by atoms with Crippen LogP contribution in [0.25, 0.3) is 0 Å². The summed E-state index contributed by atoms with van der Waals surface area (Å²) < 4.78 is 6.06. The summed E-state index contributed by atoms with van der Waals surface area (Å²) in [6.45, 7) is 2.46. The van der Waals surface area contributed by atoms with Crippen LogP contribution in [0.15, 0.2) is 53.0 Å². The van der Waals surface area contributed by atoms with Crippen LogP contribution >= 0.6 is 15.9 Å². The fraction of sp³-hybridized carbons (Fsp3) is 0.263. The maximum Gasteiger partial charge on any atom is 0.254 e. The van der Waals surface area contributed by atoms with Gasteiger partial charge in [-0.15, -0.1) is 0 Å². The highest BCUT2D eigenvalue weighted by Gasteiger charge is 2.19. The molecule has 0 aliphatic carbocycles. The van der Waals surface area contributed by atoms with E-state index >= 15 is 0 Å². The van der Waals surface area contributed by atoms with Crippen molar-refractivity contribution in [3.05, 3.63) is 58.6 Å². The van der Waals surface area contributed by atoms with Gasteiger partial charge in [-0.2, -0.15) is 0 Å². The Hall–Kier alpha value is -2.34. The summed E-state index contributed by atoms with van der Waals surface area (Å²) in [5.41, 5.74) is 1.13. The summed E-state index contributed by atoms with van der Waals surface area (Å²) in [5, 5.41) is 2.80. The number of para-hydroxylation sites is 2. The summed E-state index contributed by atoms with van der Waals surface area (Å²) in [5.74, 6) is 0.149. The molecule has 132 valence electrons. The zero-order chi connectivity index (χ0) is 18.2.